The van der Waals surface area contributed by atoms with Crippen LogP contribution in [0.25, 0.3) is 0 Å². The summed E-state index contributed by atoms with van der Waals surface area (Å²) in [4.78, 5) is 24.2. The number of amides is 2. The highest BCUT2D eigenvalue weighted by molar-refractivity contribution is 6.34. The Morgan fingerprint density at radius 1 is 1.15 bits per heavy atom. The van der Waals surface area contributed by atoms with E-state index < -0.39 is 11.7 Å². The lowest BCUT2D eigenvalue weighted by Crippen LogP contribution is -2.23. The number of carbonyl (C=O) groups is 2. The molecule has 6 nitrogen and oxygen atoms in total. The third-order valence-corrected chi connectivity index (χ3v) is 4.06. The molecule has 2 aromatic rings. The van der Waals surface area contributed by atoms with Crippen molar-refractivity contribution in [2.45, 2.75) is 19.4 Å². The molecule has 2 amide bonds. The number of halogens is 1. The number of ether oxygens (including phenoxy) is 1. The molecule has 0 atom stereocenters. The lowest BCUT2D eigenvalue weighted by Gasteiger charge is -2.13. The summed E-state index contributed by atoms with van der Waals surface area (Å²) in [6, 6.07) is 9.76. The highest BCUT2D eigenvalue weighted by atomic mass is 35.5. The van der Waals surface area contributed by atoms with Crippen LogP contribution in [0.15, 0.2) is 36.4 Å². The van der Waals surface area contributed by atoms with Gasteiger partial charge in [0.05, 0.1) is 10.6 Å². The van der Waals surface area contributed by atoms with Crippen LogP contribution in [0.1, 0.15) is 22.8 Å². The second-order valence-electron chi connectivity index (χ2n) is 6.02. The predicted molar refractivity (Wildman–Crippen MR) is 101 cm³/mol. The molecule has 2 aromatic carbocycles. The highest BCUT2D eigenvalue weighted by Gasteiger charge is 2.32. The number of nitrogens with one attached hydrogen (secondary N) is 2. The maximum Gasteiger partial charge on any atom is 0.413 e. The number of aryl methyl sites for hydroxylation is 1. The molecule has 0 radical (unpaired) electrons. The van der Waals surface area contributed by atoms with Gasteiger partial charge in [0.25, 0.3) is 5.91 Å². The van der Waals surface area contributed by atoms with Gasteiger partial charge in [0, 0.05) is 17.1 Å². The zero-order valence-electron chi connectivity index (χ0n) is 14.1. The molecule has 0 aliphatic heterocycles. The van der Waals surface area contributed by atoms with Crippen molar-refractivity contribution in [3.63, 3.8) is 0 Å². The van der Waals surface area contributed by atoms with E-state index in [-0.39, 0.29) is 11.5 Å². The van der Waals surface area contributed by atoms with E-state index in [1.54, 1.807) is 44.2 Å². The summed E-state index contributed by atoms with van der Waals surface area (Å²) in [6.07, 6.45) is -0.604. The Hall–Kier alpha value is -3.17. The average Bonchev–Trinajstić information content (AvgIpc) is 3.28. The smallest absolute Gasteiger partial charge is 0.413 e. The maximum atomic E-state index is 12.4. The van der Waals surface area contributed by atoms with Crippen molar-refractivity contribution in [2.75, 3.05) is 16.4 Å². The molecule has 0 saturated heterocycles. The minimum atomic E-state index is -0.830. The summed E-state index contributed by atoms with van der Waals surface area (Å²) >= 11 is 6.05. The quantitative estimate of drug-likeness (QED) is 0.564. The number of benzene rings is 2. The fourth-order valence-electron chi connectivity index (χ4n) is 2.26. The molecule has 0 saturated carbocycles. The fraction of sp³-hybridized carbons (Fsp3) is 0.158. The van der Waals surface area contributed by atoms with E-state index in [4.69, 9.17) is 22.1 Å². The maximum absolute atomic E-state index is 12.4. The molecule has 1 aliphatic rings. The molecular weight excluding hydrogens is 354 g/mol. The van der Waals surface area contributed by atoms with E-state index in [1.165, 1.54) is 6.07 Å². The summed E-state index contributed by atoms with van der Waals surface area (Å²) in [6.45, 7) is 3.48. The van der Waals surface area contributed by atoms with Gasteiger partial charge >= 0.3 is 6.09 Å². The summed E-state index contributed by atoms with van der Waals surface area (Å²) in [5.74, 6) is 5.02. The van der Waals surface area contributed by atoms with Crippen LogP contribution < -0.4 is 16.4 Å². The monoisotopic (exact) mass is 369 g/mol. The summed E-state index contributed by atoms with van der Waals surface area (Å²) in [7, 11) is 0. The number of rotatable bonds is 4. The Morgan fingerprint density at radius 2 is 1.88 bits per heavy atom. The summed E-state index contributed by atoms with van der Waals surface area (Å²) < 4.78 is 5.10. The molecule has 132 valence electrons. The van der Waals surface area contributed by atoms with E-state index >= 15 is 0 Å². The molecule has 0 unspecified atom stereocenters. The molecule has 3 rings (SSSR count). The van der Waals surface area contributed by atoms with Gasteiger partial charge in [0.2, 0.25) is 5.60 Å². The first-order chi connectivity index (χ1) is 12.3. The largest absolute Gasteiger partial charge is 0.418 e. The molecule has 1 aliphatic carbocycles. The van der Waals surface area contributed by atoms with Crippen molar-refractivity contribution in [3.8, 4) is 11.8 Å². The fourth-order valence-corrected chi connectivity index (χ4v) is 2.46. The Morgan fingerprint density at radius 3 is 2.54 bits per heavy atom. The zero-order chi connectivity index (χ0) is 18.9. The Kier molecular flexibility index (Phi) is 4.49. The van der Waals surface area contributed by atoms with Crippen LogP contribution in [-0.4, -0.2) is 17.6 Å². The van der Waals surface area contributed by atoms with Gasteiger partial charge in [0.15, 0.2) is 0 Å². The van der Waals surface area contributed by atoms with Crippen molar-refractivity contribution in [1.29, 1.82) is 0 Å². The Bertz CT molecular complexity index is 968. The molecule has 4 N–H and O–H groups in total. The van der Waals surface area contributed by atoms with Crippen molar-refractivity contribution in [2.24, 2.45) is 0 Å². The van der Waals surface area contributed by atoms with Gasteiger partial charge in [0.1, 0.15) is 0 Å². The predicted octanol–water partition coefficient (Wildman–Crippen LogP) is 3.81. The lowest BCUT2D eigenvalue weighted by molar-refractivity contribution is 0.102. The van der Waals surface area contributed by atoms with Gasteiger partial charge in [-0.15, -0.1) is 0 Å². The molecule has 0 fully saturated rings. The topological polar surface area (TPSA) is 93.5 Å². The van der Waals surface area contributed by atoms with Crippen molar-refractivity contribution >= 4 is 40.7 Å². The van der Waals surface area contributed by atoms with Crippen LogP contribution >= 0.6 is 11.6 Å². The van der Waals surface area contributed by atoms with Crippen LogP contribution in [0.5, 0.6) is 0 Å². The van der Waals surface area contributed by atoms with Crippen molar-refractivity contribution < 1.29 is 14.3 Å². The first-order valence-corrected chi connectivity index (χ1v) is 8.15. The van der Waals surface area contributed by atoms with Gasteiger partial charge in [-0.2, -0.15) is 0 Å². The van der Waals surface area contributed by atoms with E-state index in [0.29, 0.717) is 22.1 Å². The zero-order valence-corrected chi connectivity index (χ0v) is 14.9. The molecule has 26 heavy (non-hydrogen) atoms. The first kappa shape index (κ1) is 17.6. The Balaban J connectivity index is 1.68. The van der Waals surface area contributed by atoms with E-state index in [1.807, 2.05) is 0 Å². The average molecular weight is 370 g/mol. The molecule has 0 spiro atoms. The van der Waals surface area contributed by atoms with Crippen LogP contribution in [-0.2, 0) is 4.74 Å². The van der Waals surface area contributed by atoms with Gasteiger partial charge in [-0.05, 0) is 67.6 Å². The highest BCUT2D eigenvalue weighted by Crippen LogP contribution is 2.24. The standard InChI is InChI=1S/C19H16ClN3O3/c1-11-9-13(22-18(25)26-19(2)7-8-19)4-6-16(11)23-17(24)14-10-12(21)3-5-15(14)20/h3-6,9-10H,21H2,1-2H3,(H,22,25)(H,23,24). The van der Waals surface area contributed by atoms with Gasteiger partial charge in [-0.3, -0.25) is 10.1 Å². The summed E-state index contributed by atoms with van der Waals surface area (Å²) in [5, 5.41) is 5.71. The van der Waals surface area contributed by atoms with Crippen molar-refractivity contribution in [1.82, 2.24) is 0 Å². The minimum Gasteiger partial charge on any atom is -0.418 e. The number of hydrogen-bond acceptors (Lipinski definition) is 4. The summed E-state index contributed by atoms with van der Waals surface area (Å²) in [5.41, 5.74) is 7.49. The Labute approximate surface area is 155 Å². The van der Waals surface area contributed by atoms with Gasteiger partial charge in [-0.1, -0.05) is 11.6 Å². The van der Waals surface area contributed by atoms with E-state index in [2.05, 4.69) is 22.5 Å². The number of nitrogens with two attached hydrogens (primary N) is 1. The van der Waals surface area contributed by atoms with E-state index in [9.17, 15) is 9.59 Å². The first-order valence-electron chi connectivity index (χ1n) is 7.77. The van der Waals surface area contributed by atoms with Crippen LogP contribution in [0.4, 0.5) is 21.9 Å². The normalized spacial score (nSPS) is 13.2. The molecular formula is C19H16ClN3O3. The number of nitrogen functional groups attached to an aromatic ring is 1. The number of anilines is 3. The minimum absolute atomic E-state index is 0.287. The van der Waals surface area contributed by atoms with Gasteiger partial charge < -0.3 is 15.8 Å². The number of hydrogen-bond donors (Lipinski definition) is 3. The van der Waals surface area contributed by atoms with Crippen LogP contribution in [0.3, 0.4) is 0 Å². The van der Waals surface area contributed by atoms with Crippen LogP contribution in [0.2, 0.25) is 5.02 Å². The third kappa shape index (κ3) is 4.08. The molecule has 0 heterocycles. The second-order valence-corrected chi connectivity index (χ2v) is 6.43. The van der Waals surface area contributed by atoms with Crippen LogP contribution in [0, 0.1) is 18.8 Å². The lowest BCUT2D eigenvalue weighted by atomic mass is 10.1. The van der Waals surface area contributed by atoms with Crippen molar-refractivity contribution in [3.05, 3.63) is 52.5 Å². The molecule has 0 aromatic heterocycles. The molecule has 7 heteroatoms. The third-order valence-electron chi connectivity index (χ3n) is 3.73. The SMILES string of the molecule is Cc1cc(NC(=O)OC2(C)C#C2)ccc1NC(=O)c1cc(N)ccc1Cl. The number of carbonyl (C=O) groups excluding carboxylic acids is 2. The van der Waals surface area contributed by atoms with Gasteiger partial charge in [-0.25, -0.2) is 4.79 Å². The van der Waals surface area contributed by atoms with E-state index in [0.717, 1.165) is 5.56 Å². The molecule has 0 bridgehead atoms. The second kappa shape index (κ2) is 6.62.